The van der Waals surface area contributed by atoms with E-state index in [0.717, 1.165) is 29.7 Å². The number of para-hydroxylation sites is 1. The van der Waals surface area contributed by atoms with E-state index in [4.69, 9.17) is 4.74 Å². The molecule has 0 atom stereocenters. The predicted octanol–water partition coefficient (Wildman–Crippen LogP) is 4.67. The van der Waals surface area contributed by atoms with Gasteiger partial charge < -0.3 is 4.74 Å². The van der Waals surface area contributed by atoms with E-state index in [9.17, 15) is 4.39 Å². The summed E-state index contributed by atoms with van der Waals surface area (Å²) in [5, 5.41) is 0. The number of benzene rings is 2. The van der Waals surface area contributed by atoms with Crippen molar-refractivity contribution in [1.29, 1.82) is 0 Å². The maximum Gasteiger partial charge on any atom is 0.127 e. The van der Waals surface area contributed by atoms with Gasteiger partial charge in [-0.25, -0.2) is 4.39 Å². The van der Waals surface area contributed by atoms with Gasteiger partial charge in [0.1, 0.15) is 11.6 Å². The summed E-state index contributed by atoms with van der Waals surface area (Å²) in [6.07, 6.45) is 2.12. The summed E-state index contributed by atoms with van der Waals surface area (Å²) in [4.78, 5) is 0. The van der Waals surface area contributed by atoms with Crippen LogP contribution in [0.15, 0.2) is 48.5 Å². The highest BCUT2D eigenvalue weighted by molar-refractivity contribution is 5.70. The second-order valence-electron chi connectivity index (χ2n) is 4.21. The van der Waals surface area contributed by atoms with Crippen LogP contribution >= 0.6 is 0 Å². The van der Waals surface area contributed by atoms with Gasteiger partial charge in [0.15, 0.2) is 0 Å². The van der Waals surface area contributed by atoms with E-state index in [1.807, 2.05) is 30.3 Å². The molecule has 18 heavy (non-hydrogen) atoms. The van der Waals surface area contributed by atoms with Crippen molar-refractivity contribution in [3.63, 3.8) is 0 Å². The quantitative estimate of drug-likeness (QED) is 0.694. The van der Waals surface area contributed by atoms with Gasteiger partial charge in [0.25, 0.3) is 0 Å². The molecule has 0 saturated heterocycles. The van der Waals surface area contributed by atoms with Crippen molar-refractivity contribution >= 4 is 0 Å². The normalized spacial score (nSPS) is 10.3. The standard InChI is InChI=1S/C16H17FO/c1-2-3-11-18-16-10-5-4-9-15(16)13-7-6-8-14(17)12-13/h4-10,12H,2-3,11H2,1H3. The molecular formula is C16H17FO. The van der Waals surface area contributed by atoms with Crippen molar-refractivity contribution < 1.29 is 9.13 Å². The third-order valence-electron chi connectivity index (χ3n) is 2.78. The third kappa shape index (κ3) is 3.10. The highest BCUT2D eigenvalue weighted by Crippen LogP contribution is 2.30. The number of rotatable bonds is 5. The Balaban J connectivity index is 2.27. The molecule has 1 nitrogen and oxygen atoms in total. The highest BCUT2D eigenvalue weighted by atomic mass is 19.1. The first-order chi connectivity index (χ1) is 8.81. The van der Waals surface area contributed by atoms with E-state index >= 15 is 0 Å². The minimum absolute atomic E-state index is 0.226. The first kappa shape index (κ1) is 12.6. The van der Waals surface area contributed by atoms with Crippen LogP contribution in [-0.4, -0.2) is 6.61 Å². The lowest BCUT2D eigenvalue weighted by Crippen LogP contribution is -1.98. The Morgan fingerprint density at radius 2 is 1.89 bits per heavy atom. The van der Waals surface area contributed by atoms with E-state index in [-0.39, 0.29) is 5.82 Å². The number of ether oxygens (including phenoxy) is 1. The molecule has 2 rings (SSSR count). The lowest BCUT2D eigenvalue weighted by atomic mass is 10.0. The van der Waals surface area contributed by atoms with Crippen LogP contribution in [0.1, 0.15) is 19.8 Å². The van der Waals surface area contributed by atoms with Gasteiger partial charge in [-0.2, -0.15) is 0 Å². The van der Waals surface area contributed by atoms with Crippen molar-refractivity contribution in [3.8, 4) is 16.9 Å². The van der Waals surface area contributed by atoms with Crippen LogP contribution in [0, 0.1) is 5.82 Å². The fourth-order valence-electron chi connectivity index (χ4n) is 1.81. The zero-order valence-corrected chi connectivity index (χ0v) is 10.5. The zero-order chi connectivity index (χ0) is 12.8. The number of hydrogen-bond acceptors (Lipinski definition) is 1. The second-order valence-corrected chi connectivity index (χ2v) is 4.21. The Labute approximate surface area is 107 Å². The van der Waals surface area contributed by atoms with Gasteiger partial charge in [-0.15, -0.1) is 0 Å². The van der Waals surface area contributed by atoms with Gasteiger partial charge >= 0.3 is 0 Å². The fraction of sp³-hybridized carbons (Fsp3) is 0.250. The summed E-state index contributed by atoms with van der Waals surface area (Å²) in [5.74, 6) is 0.590. The molecule has 2 aromatic rings. The van der Waals surface area contributed by atoms with Gasteiger partial charge in [0.05, 0.1) is 6.61 Å². The molecule has 0 aliphatic carbocycles. The lowest BCUT2D eigenvalue weighted by molar-refractivity contribution is 0.310. The Morgan fingerprint density at radius 3 is 2.67 bits per heavy atom. The Kier molecular flexibility index (Phi) is 4.35. The van der Waals surface area contributed by atoms with Crippen LogP contribution in [-0.2, 0) is 0 Å². The zero-order valence-electron chi connectivity index (χ0n) is 10.5. The van der Waals surface area contributed by atoms with Gasteiger partial charge in [-0.05, 0) is 30.2 Å². The second kappa shape index (κ2) is 6.20. The van der Waals surface area contributed by atoms with Crippen molar-refractivity contribution in [2.24, 2.45) is 0 Å². The van der Waals surface area contributed by atoms with E-state index in [1.54, 1.807) is 6.07 Å². The summed E-state index contributed by atoms with van der Waals surface area (Å²) >= 11 is 0. The molecule has 0 amide bonds. The molecule has 0 N–H and O–H groups in total. The Hall–Kier alpha value is -1.83. The molecule has 0 bridgehead atoms. The van der Waals surface area contributed by atoms with Gasteiger partial charge in [-0.1, -0.05) is 43.7 Å². The molecule has 0 heterocycles. The Morgan fingerprint density at radius 1 is 1.06 bits per heavy atom. The van der Waals surface area contributed by atoms with Crippen molar-refractivity contribution in [1.82, 2.24) is 0 Å². The molecule has 2 aromatic carbocycles. The largest absolute Gasteiger partial charge is 0.493 e. The monoisotopic (exact) mass is 244 g/mol. The summed E-state index contributed by atoms with van der Waals surface area (Å²) < 4.78 is 19.0. The topological polar surface area (TPSA) is 9.23 Å². The van der Waals surface area contributed by atoms with Crippen molar-refractivity contribution in [3.05, 3.63) is 54.3 Å². The molecule has 94 valence electrons. The van der Waals surface area contributed by atoms with E-state index in [1.165, 1.54) is 12.1 Å². The van der Waals surface area contributed by atoms with Crippen LogP contribution < -0.4 is 4.74 Å². The van der Waals surface area contributed by atoms with Crippen LogP contribution in [0.5, 0.6) is 5.75 Å². The van der Waals surface area contributed by atoms with E-state index < -0.39 is 0 Å². The Bertz CT molecular complexity index is 508. The SMILES string of the molecule is CCCCOc1ccccc1-c1cccc(F)c1. The lowest BCUT2D eigenvalue weighted by Gasteiger charge is -2.11. The average Bonchev–Trinajstić information content (AvgIpc) is 2.40. The van der Waals surface area contributed by atoms with Crippen LogP contribution in [0.2, 0.25) is 0 Å². The van der Waals surface area contributed by atoms with Crippen molar-refractivity contribution in [2.75, 3.05) is 6.61 Å². The number of hydrogen-bond donors (Lipinski definition) is 0. The average molecular weight is 244 g/mol. The summed E-state index contributed by atoms with van der Waals surface area (Å²) in [6, 6.07) is 14.3. The van der Waals surface area contributed by atoms with Crippen LogP contribution in [0.3, 0.4) is 0 Å². The molecule has 0 aliphatic rings. The molecule has 0 saturated carbocycles. The number of halogens is 1. The smallest absolute Gasteiger partial charge is 0.127 e. The molecule has 0 aliphatic heterocycles. The van der Waals surface area contributed by atoms with Gasteiger partial charge in [0, 0.05) is 5.56 Å². The van der Waals surface area contributed by atoms with Crippen molar-refractivity contribution in [2.45, 2.75) is 19.8 Å². The molecule has 0 aromatic heterocycles. The molecule has 0 fully saturated rings. The first-order valence-electron chi connectivity index (χ1n) is 6.29. The van der Waals surface area contributed by atoms with E-state index in [0.29, 0.717) is 6.61 Å². The molecule has 2 heteroatoms. The number of unbranched alkanes of at least 4 members (excludes halogenated alkanes) is 1. The summed E-state index contributed by atoms with van der Waals surface area (Å²) in [6.45, 7) is 2.82. The van der Waals surface area contributed by atoms with Gasteiger partial charge in [-0.3, -0.25) is 0 Å². The summed E-state index contributed by atoms with van der Waals surface area (Å²) in [7, 11) is 0. The van der Waals surface area contributed by atoms with Crippen LogP contribution in [0.25, 0.3) is 11.1 Å². The summed E-state index contributed by atoms with van der Waals surface area (Å²) in [5.41, 5.74) is 1.79. The minimum Gasteiger partial charge on any atom is -0.493 e. The molecular weight excluding hydrogens is 227 g/mol. The molecule has 0 radical (unpaired) electrons. The minimum atomic E-state index is -0.226. The highest BCUT2D eigenvalue weighted by Gasteiger charge is 2.06. The van der Waals surface area contributed by atoms with Gasteiger partial charge in [0.2, 0.25) is 0 Å². The van der Waals surface area contributed by atoms with E-state index in [2.05, 4.69) is 6.92 Å². The maximum absolute atomic E-state index is 13.3. The first-order valence-corrected chi connectivity index (χ1v) is 6.29. The van der Waals surface area contributed by atoms with Crippen LogP contribution in [0.4, 0.5) is 4.39 Å². The molecule has 0 spiro atoms. The molecule has 0 unspecified atom stereocenters. The fourth-order valence-corrected chi connectivity index (χ4v) is 1.81. The predicted molar refractivity (Wildman–Crippen MR) is 72.2 cm³/mol. The maximum atomic E-state index is 13.3. The third-order valence-corrected chi connectivity index (χ3v) is 2.78.